The van der Waals surface area contributed by atoms with Gasteiger partial charge in [0.1, 0.15) is 11.8 Å². The molecule has 0 N–H and O–H groups in total. The average molecular weight is 251 g/mol. The van der Waals surface area contributed by atoms with Crippen LogP contribution in [0.1, 0.15) is 42.3 Å². The van der Waals surface area contributed by atoms with Gasteiger partial charge in [-0.2, -0.15) is 10.4 Å². The summed E-state index contributed by atoms with van der Waals surface area (Å²) in [4.78, 5) is 0. The molecule has 5 nitrogen and oxygen atoms in total. The highest BCUT2D eigenvalue weighted by Gasteiger charge is 2.32. The molecule has 0 atom stereocenters. The summed E-state index contributed by atoms with van der Waals surface area (Å²) in [5.41, 5.74) is 1.92. The Bertz CT molecular complexity index is 605. The maximum atomic E-state index is 11.6. The lowest BCUT2D eigenvalue weighted by atomic mass is 9.93. The summed E-state index contributed by atoms with van der Waals surface area (Å²) in [6.07, 6.45) is 3.70. The number of fused-ring (bicyclic) bond motifs is 1. The number of nitriles is 1. The van der Waals surface area contributed by atoms with E-state index in [1.807, 2.05) is 0 Å². The lowest BCUT2D eigenvalue weighted by molar-refractivity contribution is 0.286. The fourth-order valence-electron chi connectivity index (χ4n) is 2.43. The second kappa shape index (κ2) is 3.57. The van der Waals surface area contributed by atoms with Crippen LogP contribution in [-0.4, -0.2) is 24.0 Å². The largest absolute Gasteiger partial charge is 0.251 e. The maximum absolute atomic E-state index is 11.6. The van der Waals surface area contributed by atoms with E-state index in [-0.39, 0.29) is 11.5 Å². The number of hydrogen-bond acceptors (Lipinski definition) is 4. The molecule has 0 bridgehead atoms. The van der Waals surface area contributed by atoms with Crippen LogP contribution in [-0.2, 0) is 22.0 Å². The predicted molar refractivity (Wildman–Crippen MR) is 61.0 cm³/mol. The molecule has 0 radical (unpaired) electrons. The van der Waals surface area contributed by atoms with Gasteiger partial charge in [0.05, 0.1) is 23.2 Å². The molecule has 6 heteroatoms. The predicted octanol–water partition coefficient (Wildman–Crippen LogP) is 0.951. The number of nitrogens with zero attached hydrogens (tertiary/aromatic N) is 3. The van der Waals surface area contributed by atoms with Crippen LogP contribution in [0.5, 0.6) is 0 Å². The van der Waals surface area contributed by atoms with Crippen molar-refractivity contribution in [3.05, 3.63) is 17.0 Å². The highest BCUT2D eigenvalue weighted by molar-refractivity contribution is 7.90. The molecule has 0 unspecified atom stereocenters. The molecule has 17 heavy (non-hydrogen) atoms. The molecule has 1 aliphatic carbocycles. The van der Waals surface area contributed by atoms with E-state index in [0.717, 1.165) is 18.5 Å². The van der Waals surface area contributed by atoms with Crippen molar-refractivity contribution in [1.82, 2.24) is 9.78 Å². The van der Waals surface area contributed by atoms with Crippen molar-refractivity contribution in [2.24, 2.45) is 0 Å². The van der Waals surface area contributed by atoms with Gasteiger partial charge < -0.3 is 0 Å². The van der Waals surface area contributed by atoms with Gasteiger partial charge in [-0.25, -0.2) is 8.42 Å². The summed E-state index contributed by atoms with van der Waals surface area (Å²) < 4.78 is 25.0. The molecule has 0 aromatic carbocycles. The van der Waals surface area contributed by atoms with Gasteiger partial charge in [-0.15, -0.1) is 0 Å². The lowest BCUT2D eigenvalue weighted by Gasteiger charge is -2.26. The van der Waals surface area contributed by atoms with Gasteiger partial charge in [-0.1, -0.05) is 0 Å². The quantitative estimate of drug-likeness (QED) is 0.744. The van der Waals surface area contributed by atoms with Crippen molar-refractivity contribution < 1.29 is 8.42 Å². The van der Waals surface area contributed by atoms with Crippen molar-refractivity contribution in [2.45, 2.75) is 37.5 Å². The minimum atomic E-state index is -3.03. The Morgan fingerprint density at radius 2 is 2.18 bits per heavy atom. The molecule has 0 spiro atoms. The molecule has 2 aliphatic rings. The number of rotatable bonds is 1. The SMILES string of the molecule is N#Cc1c2c(nn1C1CCC1)CCS(=O)(=O)C2. The van der Waals surface area contributed by atoms with Crippen molar-refractivity contribution in [3.8, 4) is 6.07 Å². The highest BCUT2D eigenvalue weighted by Crippen LogP contribution is 2.34. The molecular formula is C11H13N3O2S. The Labute approximate surface area is 100.0 Å². The van der Waals surface area contributed by atoms with E-state index in [1.165, 1.54) is 6.42 Å². The van der Waals surface area contributed by atoms with E-state index in [1.54, 1.807) is 4.68 Å². The van der Waals surface area contributed by atoms with Crippen LogP contribution < -0.4 is 0 Å². The average Bonchev–Trinajstić information content (AvgIpc) is 2.51. The van der Waals surface area contributed by atoms with Crippen molar-refractivity contribution >= 4 is 9.84 Å². The first-order valence-corrected chi connectivity index (χ1v) is 7.63. The molecule has 1 aliphatic heterocycles. The molecule has 0 amide bonds. The normalized spacial score (nSPS) is 22.5. The number of hydrogen-bond donors (Lipinski definition) is 0. The first kappa shape index (κ1) is 10.8. The standard InChI is InChI=1S/C11H13N3O2S/c12-6-11-9-7-17(15,16)5-4-10(9)13-14(11)8-2-1-3-8/h8H,1-5,7H2. The zero-order chi connectivity index (χ0) is 12.0. The second-order valence-electron chi connectivity index (χ2n) is 4.76. The molecule has 1 fully saturated rings. The molecule has 1 saturated carbocycles. The molecule has 1 aromatic rings. The van der Waals surface area contributed by atoms with Crippen LogP contribution in [0.4, 0.5) is 0 Å². The molecule has 3 rings (SSSR count). The molecule has 2 heterocycles. The van der Waals surface area contributed by atoms with Crippen LogP contribution in [0, 0.1) is 11.3 Å². The van der Waals surface area contributed by atoms with Gasteiger partial charge in [-0.05, 0) is 19.3 Å². The van der Waals surface area contributed by atoms with E-state index in [4.69, 9.17) is 0 Å². The first-order chi connectivity index (χ1) is 8.11. The Morgan fingerprint density at radius 3 is 2.76 bits per heavy atom. The Morgan fingerprint density at radius 1 is 1.41 bits per heavy atom. The number of sulfone groups is 1. The van der Waals surface area contributed by atoms with E-state index in [0.29, 0.717) is 23.7 Å². The Balaban J connectivity index is 2.10. The lowest BCUT2D eigenvalue weighted by Crippen LogP contribution is -2.19. The first-order valence-electron chi connectivity index (χ1n) is 5.81. The molecular weight excluding hydrogens is 238 g/mol. The topological polar surface area (TPSA) is 75.8 Å². The van der Waals surface area contributed by atoms with Gasteiger partial charge in [0.15, 0.2) is 9.84 Å². The van der Waals surface area contributed by atoms with Crippen molar-refractivity contribution in [1.29, 1.82) is 5.26 Å². The monoisotopic (exact) mass is 251 g/mol. The van der Waals surface area contributed by atoms with E-state index in [9.17, 15) is 13.7 Å². The highest BCUT2D eigenvalue weighted by atomic mass is 32.2. The van der Waals surface area contributed by atoms with Crippen molar-refractivity contribution in [2.75, 3.05) is 5.75 Å². The van der Waals surface area contributed by atoms with Gasteiger partial charge in [0.2, 0.25) is 0 Å². The van der Waals surface area contributed by atoms with Crippen LogP contribution in [0.15, 0.2) is 0 Å². The third-order valence-corrected chi connectivity index (χ3v) is 5.19. The van der Waals surface area contributed by atoms with Crippen LogP contribution in [0.3, 0.4) is 0 Å². The van der Waals surface area contributed by atoms with Gasteiger partial charge in [0.25, 0.3) is 0 Å². The van der Waals surface area contributed by atoms with Gasteiger partial charge in [-0.3, -0.25) is 4.68 Å². The van der Waals surface area contributed by atoms with Crippen molar-refractivity contribution in [3.63, 3.8) is 0 Å². The third-order valence-electron chi connectivity index (χ3n) is 3.63. The number of aromatic nitrogens is 2. The summed E-state index contributed by atoms with van der Waals surface area (Å²) in [5.74, 6) is 0.143. The fourth-order valence-corrected chi connectivity index (χ4v) is 3.82. The molecule has 0 saturated heterocycles. The summed E-state index contributed by atoms with van der Waals surface area (Å²) in [6.45, 7) is 0. The van der Waals surface area contributed by atoms with E-state index < -0.39 is 9.84 Å². The maximum Gasteiger partial charge on any atom is 0.155 e. The summed E-state index contributed by atoms with van der Waals surface area (Å²) in [7, 11) is -3.03. The van der Waals surface area contributed by atoms with E-state index >= 15 is 0 Å². The fraction of sp³-hybridized carbons (Fsp3) is 0.636. The van der Waals surface area contributed by atoms with Gasteiger partial charge in [0, 0.05) is 12.0 Å². The van der Waals surface area contributed by atoms with Crippen LogP contribution >= 0.6 is 0 Å². The zero-order valence-corrected chi connectivity index (χ0v) is 10.2. The van der Waals surface area contributed by atoms with Crippen LogP contribution in [0.2, 0.25) is 0 Å². The van der Waals surface area contributed by atoms with Gasteiger partial charge >= 0.3 is 0 Å². The summed E-state index contributed by atoms with van der Waals surface area (Å²) in [6, 6.07) is 2.43. The smallest absolute Gasteiger partial charge is 0.155 e. The minimum Gasteiger partial charge on any atom is -0.251 e. The Hall–Kier alpha value is -1.35. The third kappa shape index (κ3) is 1.65. The second-order valence-corrected chi connectivity index (χ2v) is 6.94. The Kier molecular flexibility index (Phi) is 2.26. The molecule has 1 aromatic heterocycles. The van der Waals surface area contributed by atoms with Crippen LogP contribution in [0.25, 0.3) is 0 Å². The number of aryl methyl sites for hydroxylation is 1. The zero-order valence-electron chi connectivity index (χ0n) is 9.39. The van der Waals surface area contributed by atoms with E-state index in [2.05, 4.69) is 11.2 Å². The summed E-state index contributed by atoms with van der Waals surface area (Å²) >= 11 is 0. The molecule has 90 valence electrons. The minimum absolute atomic E-state index is 0.0159. The summed E-state index contributed by atoms with van der Waals surface area (Å²) in [5, 5.41) is 13.6.